The number of nitrogens with zero attached hydrogens (tertiary/aromatic N) is 1. The molecule has 7 heteroatoms. The minimum atomic E-state index is -0.700. The van der Waals surface area contributed by atoms with Crippen molar-refractivity contribution in [1.82, 2.24) is 15.5 Å². The van der Waals surface area contributed by atoms with E-state index >= 15 is 0 Å². The van der Waals surface area contributed by atoms with Crippen molar-refractivity contribution in [3.8, 4) is 5.75 Å². The first-order chi connectivity index (χ1) is 10.6. The molecule has 4 N–H and O–H groups in total. The average molecular weight is 306 g/mol. The highest BCUT2D eigenvalue weighted by Crippen LogP contribution is 2.19. The second-order valence-corrected chi connectivity index (χ2v) is 5.30. The first-order valence-electron chi connectivity index (χ1n) is 7.38. The number of phenols is 1. The molecule has 0 bridgehead atoms. The van der Waals surface area contributed by atoms with E-state index in [1.165, 1.54) is 12.1 Å². The third kappa shape index (κ3) is 4.71. The highest BCUT2D eigenvalue weighted by molar-refractivity contribution is 6.39. The number of piperazine rings is 1. The van der Waals surface area contributed by atoms with E-state index in [9.17, 15) is 14.7 Å². The molecular formula is C15H22N4O3. The molecule has 1 fully saturated rings. The summed E-state index contributed by atoms with van der Waals surface area (Å²) in [7, 11) is 0. The minimum absolute atomic E-state index is 0.121. The van der Waals surface area contributed by atoms with E-state index in [1.807, 2.05) is 0 Å². The maximum absolute atomic E-state index is 11.8. The quantitative estimate of drug-likeness (QED) is 0.451. The van der Waals surface area contributed by atoms with Crippen molar-refractivity contribution in [3.63, 3.8) is 0 Å². The molecule has 1 saturated heterocycles. The molecule has 7 nitrogen and oxygen atoms in total. The smallest absolute Gasteiger partial charge is 0.313 e. The van der Waals surface area contributed by atoms with E-state index in [1.54, 1.807) is 13.0 Å². The van der Waals surface area contributed by atoms with Crippen molar-refractivity contribution in [1.29, 1.82) is 0 Å². The standard InChI is InChI=1S/C15H22N4O3/c1-11-10-12(20)2-3-13(11)18-15(22)14(21)17-6-9-19-7-4-16-5-8-19/h2-3,10,16,20H,4-9H2,1H3,(H,17,21)(H,18,22). The summed E-state index contributed by atoms with van der Waals surface area (Å²) in [6.07, 6.45) is 0. The molecular weight excluding hydrogens is 284 g/mol. The van der Waals surface area contributed by atoms with Gasteiger partial charge in [-0.1, -0.05) is 0 Å². The topological polar surface area (TPSA) is 93.7 Å². The van der Waals surface area contributed by atoms with Crippen LogP contribution in [0, 0.1) is 6.92 Å². The number of aryl methyl sites for hydroxylation is 1. The van der Waals surface area contributed by atoms with Gasteiger partial charge in [-0.15, -0.1) is 0 Å². The fourth-order valence-electron chi connectivity index (χ4n) is 2.31. The van der Waals surface area contributed by atoms with Crippen LogP contribution in [-0.4, -0.2) is 61.1 Å². The monoisotopic (exact) mass is 306 g/mol. The number of carbonyl (C=O) groups excluding carboxylic acids is 2. The van der Waals surface area contributed by atoms with Crippen LogP contribution in [0.25, 0.3) is 0 Å². The zero-order valence-electron chi connectivity index (χ0n) is 12.7. The number of amides is 2. The molecule has 1 aliphatic heterocycles. The second-order valence-electron chi connectivity index (χ2n) is 5.30. The van der Waals surface area contributed by atoms with Crippen LogP contribution in [0.5, 0.6) is 5.75 Å². The fraction of sp³-hybridized carbons (Fsp3) is 0.467. The summed E-state index contributed by atoms with van der Waals surface area (Å²) in [6, 6.07) is 4.55. The fourth-order valence-corrected chi connectivity index (χ4v) is 2.31. The number of hydrogen-bond acceptors (Lipinski definition) is 5. The molecule has 2 rings (SSSR count). The van der Waals surface area contributed by atoms with Gasteiger partial charge in [-0.3, -0.25) is 14.5 Å². The van der Waals surface area contributed by atoms with E-state index < -0.39 is 11.8 Å². The van der Waals surface area contributed by atoms with Crippen LogP contribution in [0.1, 0.15) is 5.56 Å². The molecule has 0 unspecified atom stereocenters. The Labute approximate surface area is 129 Å². The van der Waals surface area contributed by atoms with Crippen molar-refractivity contribution < 1.29 is 14.7 Å². The highest BCUT2D eigenvalue weighted by Gasteiger charge is 2.15. The summed E-state index contributed by atoms with van der Waals surface area (Å²) in [5.74, 6) is -1.23. The van der Waals surface area contributed by atoms with Crippen molar-refractivity contribution in [2.75, 3.05) is 44.6 Å². The molecule has 1 aromatic carbocycles. The number of nitrogens with one attached hydrogen (secondary N) is 3. The number of rotatable bonds is 4. The molecule has 0 aliphatic carbocycles. The van der Waals surface area contributed by atoms with Crippen molar-refractivity contribution in [2.45, 2.75) is 6.92 Å². The molecule has 2 amide bonds. The Morgan fingerprint density at radius 3 is 2.68 bits per heavy atom. The van der Waals surface area contributed by atoms with Gasteiger partial charge in [-0.05, 0) is 30.7 Å². The third-order valence-corrected chi connectivity index (χ3v) is 3.59. The average Bonchev–Trinajstić information content (AvgIpc) is 2.51. The lowest BCUT2D eigenvalue weighted by Crippen LogP contribution is -2.47. The molecule has 0 radical (unpaired) electrons. The second kappa shape index (κ2) is 7.77. The summed E-state index contributed by atoms with van der Waals surface area (Å²) in [5, 5.41) is 17.7. The predicted octanol–water partition coefficient (Wildman–Crippen LogP) is -0.339. The number of benzene rings is 1. The Hall–Kier alpha value is -2.12. The van der Waals surface area contributed by atoms with Crippen molar-refractivity contribution in [2.24, 2.45) is 0 Å². The van der Waals surface area contributed by atoms with Crippen LogP contribution >= 0.6 is 0 Å². The number of carbonyl (C=O) groups is 2. The summed E-state index contributed by atoms with van der Waals surface area (Å²) < 4.78 is 0. The highest BCUT2D eigenvalue weighted by atomic mass is 16.3. The molecule has 0 spiro atoms. The number of aromatic hydroxyl groups is 1. The molecule has 22 heavy (non-hydrogen) atoms. The van der Waals surface area contributed by atoms with Crippen LogP contribution in [0.3, 0.4) is 0 Å². The zero-order valence-corrected chi connectivity index (χ0v) is 12.7. The van der Waals surface area contributed by atoms with Crippen LogP contribution in [0.4, 0.5) is 5.69 Å². The maximum Gasteiger partial charge on any atom is 0.313 e. The number of anilines is 1. The lowest BCUT2D eigenvalue weighted by Gasteiger charge is -2.26. The molecule has 1 aromatic rings. The Bertz CT molecular complexity index is 542. The van der Waals surface area contributed by atoms with Crippen molar-refractivity contribution >= 4 is 17.5 Å². The summed E-state index contributed by atoms with van der Waals surface area (Å²) in [4.78, 5) is 25.8. The Morgan fingerprint density at radius 2 is 2.00 bits per heavy atom. The van der Waals surface area contributed by atoms with Crippen LogP contribution in [0.2, 0.25) is 0 Å². The van der Waals surface area contributed by atoms with Gasteiger partial charge >= 0.3 is 11.8 Å². The van der Waals surface area contributed by atoms with E-state index in [0.29, 0.717) is 17.8 Å². The predicted molar refractivity (Wildman–Crippen MR) is 83.8 cm³/mol. The van der Waals surface area contributed by atoms with Crippen molar-refractivity contribution in [3.05, 3.63) is 23.8 Å². The first-order valence-corrected chi connectivity index (χ1v) is 7.38. The van der Waals surface area contributed by atoms with E-state index in [0.717, 1.165) is 32.7 Å². The summed E-state index contributed by atoms with van der Waals surface area (Å²) in [5.41, 5.74) is 1.21. The molecule has 1 heterocycles. The van der Waals surface area contributed by atoms with E-state index in [2.05, 4.69) is 20.9 Å². The van der Waals surface area contributed by atoms with Gasteiger partial charge in [0.05, 0.1) is 0 Å². The largest absolute Gasteiger partial charge is 0.508 e. The van der Waals surface area contributed by atoms with Crippen LogP contribution in [-0.2, 0) is 9.59 Å². The first kappa shape index (κ1) is 16.3. The number of hydrogen-bond donors (Lipinski definition) is 4. The molecule has 1 aliphatic rings. The Morgan fingerprint density at radius 1 is 1.27 bits per heavy atom. The molecule has 0 saturated carbocycles. The summed E-state index contributed by atoms with van der Waals surface area (Å²) >= 11 is 0. The van der Waals surface area contributed by atoms with Gasteiger partial charge < -0.3 is 21.1 Å². The van der Waals surface area contributed by atoms with Crippen LogP contribution in [0.15, 0.2) is 18.2 Å². The maximum atomic E-state index is 11.8. The zero-order chi connectivity index (χ0) is 15.9. The van der Waals surface area contributed by atoms with Gasteiger partial charge in [0, 0.05) is 45.0 Å². The Balaban J connectivity index is 1.75. The SMILES string of the molecule is Cc1cc(O)ccc1NC(=O)C(=O)NCCN1CCNCC1. The summed E-state index contributed by atoms with van der Waals surface area (Å²) in [6.45, 7) is 6.74. The van der Waals surface area contributed by atoms with Gasteiger partial charge in [-0.25, -0.2) is 0 Å². The third-order valence-electron chi connectivity index (χ3n) is 3.59. The van der Waals surface area contributed by atoms with Gasteiger partial charge in [0.25, 0.3) is 0 Å². The van der Waals surface area contributed by atoms with E-state index in [-0.39, 0.29) is 5.75 Å². The molecule has 0 atom stereocenters. The Kier molecular flexibility index (Phi) is 5.74. The lowest BCUT2D eigenvalue weighted by molar-refractivity contribution is -0.136. The van der Waals surface area contributed by atoms with Gasteiger partial charge in [0.1, 0.15) is 5.75 Å². The number of phenolic OH excluding ortho intramolecular Hbond substituents is 1. The normalized spacial score (nSPS) is 15.3. The van der Waals surface area contributed by atoms with Crippen LogP contribution < -0.4 is 16.0 Å². The molecule has 120 valence electrons. The van der Waals surface area contributed by atoms with E-state index in [4.69, 9.17) is 0 Å². The lowest BCUT2D eigenvalue weighted by atomic mass is 10.2. The molecule has 0 aromatic heterocycles. The van der Waals surface area contributed by atoms with Gasteiger partial charge in [0.2, 0.25) is 0 Å². The minimum Gasteiger partial charge on any atom is -0.508 e. The van der Waals surface area contributed by atoms with Gasteiger partial charge in [-0.2, -0.15) is 0 Å². The van der Waals surface area contributed by atoms with Gasteiger partial charge in [0.15, 0.2) is 0 Å².